The molecule has 1 aliphatic rings. The van der Waals surface area contributed by atoms with Crippen molar-refractivity contribution in [2.45, 2.75) is 12.0 Å². The predicted octanol–water partition coefficient (Wildman–Crippen LogP) is 3.34. The molecular formula is C20H18ClNO4. The number of fused-ring (bicyclic) bond motifs is 1. The van der Waals surface area contributed by atoms with Gasteiger partial charge in [-0.25, -0.2) is 0 Å². The Morgan fingerprint density at radius 1 is 1.31 bits per heavy atom. The predicted molar refractivity (Wildman–Crippen MR) is 99.8 cm³/mol. The molecule has 5 nitrogen and oxygen atoms in total. The first-order chi connectivity index (χ1) is 12.4. The van der Waals surface area contributed by atoms with Gasteiger partial charge >= 0.3 is 0 Å². The summed E-state index contributed by atoms with van der Waals surface area (Å²) in [5.74, 6) is -0.294. The number of Topliss-reactive ketones (excluding diaryl/α,β-unsaturated/α-hetero) is 1. The summed E-state index contributed by atoms with van der Waals surface area (Å²) < 4.78 is 5.07. The second-order valence-corrected chi connectivity index (χ2v) is 6.49. The Hall–Kier alpha value is -2.63. The van der Waals surface area contributed by atoms with E-state index < -0.39 is 11.5 Å². The molecule has 1 aliphatic heterocycles. The van der Waals surface area contributed by atoms with E-state index in [1.54, 1.807) is 42.5 Å². The zero-order chi connectivity index (χ0) is 18.9. The van der Waals surface area contributed by atoms with Gasteiger partial charge < -0.3 is 14.7 Å². The van der Waals surface area contributed by atoms with Crippen LogP contribution in [0.25, 0.3) is 0 Å². The third-order valence-corrected chi connectivity index (χ3v) is 4.67. The highest BCUT2D eigenvalue weighted by Crippen LogP contribution is 2.44. The van der Waals surface area contributed by atoms with Crippen LogP contribution in [0.3, 0.4) is 0 Å². The van der Waals surface area contributed by atoms with E-state index in [0.29, 0.717) is 27.6 Å². The Bertz CT molecular complexity index is 878. The molecule has 26 heavy (non-hydrogen) atoms. The molecular weight excluding hydrogens is 354 g/mol. The highest BCUT2D eigenvalue weighted by molar-refractivity contribution is 6.31. The Labute approximate surface area is 156 Å². The maximum Gasteiger partial charge on any atom is 0.264 e. The van der Waals surface area contributed by atoms with E-state index in [4.69, 9.17) is 16.3 Å². The van der Waals surface area contributed by atoms with Crippen molar-refractivity contribution in [3.8, 4) is 5.75 Å². The first kappa shape index (κ1) is 18.2. The highest BCUT2D eigenvalue weighted by Gasteiger charge is 2.50. The smallest absolute Gasteiger partial charge is 0.264 e. The Morgan fingerprint density at radius 3 is 2.62 bits per heavy atom. The topological polar surface area (TPSA) is 66.8 Å². The summed E-state index contributed by atoms with van der Waals surface area (Å²) in [4.78, 5) is 27.0. The van der Waals surface area contributed by atoms with E-state index in [1.165, 1.54) is 18.1 Å². The van der Waals surface area contributed by atoms with Crippen LogP contribution < -0.4 is 9.64 Å². The second-order valence-electron chi connectivity index (χ2n) is 6.05. The number of aliphatic hydroxyl groups is 1. The molecule has 1 heterocycles. The number of carbonyl (C=O) groups excluding carboxylic acids is 2. The molecule has 1 N–H and O–H groups in total. The van der Waals surface area contributed by atoms with Crippen LogP contribution in [0.2, 0.25) is 5.02 Å². The standard InChI is InChI=1S/C20H18ClNO4/c1-3-10-22-17-9-6-14(21)11-16(17)20(25,19(22)24)12-18(23)13-4-7-15(26-2)8-5-13/h3-9,11,25H,1,10,12H2,2H3. The lowest BCUT2D eigenvalue weighted by Crippen LogP contribution is -2.41. The molecule has 0 fully saturated rings. The van der Waals surface area contributed by atoms with Gasteiger partial charge in [-0.1, -0.05) is 17.7 Å². The summed E-state index contributed by atoms with van der Waals surface area (Å²) in [5, 5.41) is 11.5. The van der Waals surface area contributed by atoms with Gasteiger partial charge in [0.2, 0.25) is 0 Å². The minimum atomic E-state index is -1.96. The summed E-state index contributed by atoms with van der Waals surface area (Å²) in [7, 11) is 1.53. The minimum absolute atomic E-state index is 0.229. The fourth-order valence-electron chi connectivity index (χ4n) is 3.12. The summed E-state index contributed by atoms with van der Waals surface area (Å²) in [5.41, 5.74) is -0.707. The number of nitrogens with zero attached hydrogens (tertiary/aromatic N) is 1. The number of amides is 1. The largest absolute Gasteiger partial charge is 0.497 e. The minimum Gasteiger partial charge on any atom is -0.497 e. The average Bonchev–Trinajstić information content (AvgIpc) is 2.84. The first-order valence-corrected chi connectivity index (χ1v) is 8.41. The lowest BCUT2D eigenvalue weighted by Gasteiger charge is -2.22. The van der Waals surface area contributed by atoms with E-state index in [2.05, 4.69) is 6.58 Å². The van der Waals surface area contributed by atoms with Gasteiger partial charge in [0.15, 0.2) is 11.4 Å². The second kappa shape index (κ2) is 6.94. The number of benzene rings is 2. The molecule has 0 spiro atoms. The third kappa shape index (κ3) is 3.00. The van der Waals surface area contributed by atoms with Crippen molar-refractivity contribution >= 4 is 29.0 Å². The Morgan fingerprint density at radius 2 is 2.00 bits per heavy atom. The maximum absolute atomic E-state index is 12.9. The zero-order valence-electron chi connectivity index (χ0n) is 14.2. The van der Waals surface area contributed by atoms with Crippen LogP contribution in [0.4, 0.5) is 5.69 Å². The summed E-state index contributed by atoms with van der Waals surface area (Å²) in [6.45, 7) is 3.87. The van der Waals surface area contributed by atoms with E-state index in [9.17, 15) is 14.7 Å². The van der Waals surface area contributed by atoms with Crippen molar-refractivity contribution < 1.29 is 19.4 Å². The van der Waals surface area contributed by atoms with Gasteiger partial charge in [-0.3, -0.25) is 9.59 Å². The van der Waals surface area contributed by atoms with Crippen LogP contribution in [0, 0.1) is 0 Å². The number of rotatable bonds is 6. The molecule has 6 heteroatoms. The highest BCUT2D eigenvalue weighted by atomic mass is 35.5. The molecule has 0 saturated carbocycles. The molecule has 2 aromatic carbocycles. The van der Waals surface area contributed by atoms with E-state index >= 15 is 0 Å². The molecule has 0 bridgehead atoms. The van der Waals surface area contributed by atoms with Crippen LogP contribution >= 0.6 is 11.6 Å². The van der Waals surface area contributed by atoms with Crippen molar-refractivity contribution in [3.05, 3.63) is 71.3 Å². The quantitative estimate of drug-likeness (QED) is 0.624. The number of carbonyl (C=O) groups is 2. The third-order valence-electron chi connectivity index (χ3n) is 4.43. The van der Waals surface area contributed by atoms with Gasteiger partial charge in [0.1, 0.15) is 5.75 Å². The molecule has 2 aromatic rings. The zero-order valence-corrected chi connectivity index (χ0v) is 15.0. The molecule has 0 aliphatic carbocycles. The molecule has 1 unspecified atom stereocenters. The number of ketones is 1. The van der Waals surface area contributed by atoms with E-state index in [1.807, 2.05) is 0 Å². The molecule has 1 amide bonds. The van der Waals surface area contributed by atoms with E-state index in [-0.39, 0.29) is 18.7 Å². The average molecular weight is 372 g/mol. The van der Waals surface area contributed by atoms with Gasteiger partial charge in [-0.2, -0.15) is 0 Å². The monoisotopic (exact) mass is 371 g/mol. The van der Waals surface area contributed by atoms with Crippen LogP contribution in [0.5, 0.6) is 5.75 Å². The van der Waals surface area contributed by atoms with Crippen LogP contribution in [0.15, 0.2) is 55.1 Å². The van der Waals surface area contributed by atoms with Gasteiger partial charge in [-0.15, -0.1) is 6.58 Å². The fourth-order valence-corrected chi connectivity index (χ4v) is 3.29. The first-order valence-electron chi connectivity index (χ1n) is 8.03. The van der Waals surface area contributed by atoms with Crippen LogP contribution in [0.1, 0.15) is 22.3 Å². The molecule has 1 atom stereocenters. The molecule has 0 aromatic heterocycles. The van der Waals surface area contributed by atoms with Gasteiger partial charge in [0.25, 0.3) is 5.91 Å². The van der Waals surface area contributed by atoms with Crippen molar-refractivity contribution in [2.75, 3.05) is 18.6 Å². The summed E-state index contributed by atoms with van der Waals surface area (Å²) >= 11 is 6.05. The Kier molecular flexibility index (Phi) is 4.85. The number of halogens is 1. The normalized spacial score (nSPS) is 18.6. The Balaban J connectivity index is 1.97. The van der Waals surface area contributed by atoms with Gasteiger partial charge in [-0.05, 0) is 42.5 Å². The SMILES string of the molecule is C=CCN1C(=O)C(O)(CC(=O)c2ccc(OC)cc2)c2cc(Cl)ccc21. The lowest BCUT2D eigenvalue weighted by atomic mass is 9.88. The van der Waals surface area contributed by atoms with E-state index in [0.717, 1.165) is 0 Å². The summed E-state index contributed by atoms with van der Waals surface area (Å²) in [6, 6.07) is 11.3. The number of hydrogen-bond donors (Lipinski definition) is 1. The van der Waals surface area contributed by atoms with Gasteiger partial charge in [0, 0.05) is 22.7 Å². The van der Waals surface area contributed by atoms with Crippen LogP contribution in [-0.2, 0) is 10.4 Å². The number of hydrogen-bond acceptors (Lipinski definition) is 4. The summed E-state index contributed by atoms with van der Waals surface area (Å²) in [6.07, 6.45) is 1.19. The van der Waals surface area contributed by atoms with Crippen molar-refractivity contribution in [3.63, 3.8) is 0 Å². The molecule has 134 valence electrons. The molecule has 0 saturated heterocycles. The number of methoxy groups -OCH3 is 1. The van der Waals surface area contributed by atoms with Crippen molar-refractivity contribution in [2.24, 2.45) is 0 Å². The van der Waals surface area contributed by atoms with Crippen LogP contribution in [-0.4, -0.2) is 30.5 Å². The molecule has 0 radical (unpaired) electrons. The maximum atomic E-state index is 12.9. The number of ether oxygens (including phenoxy) is 1. The van der Waals surface area contributed by atoms with Gasteiger partial charge in [0.05, 0.1) is 19.2 Å². The van der Waals surface area contributed by atoms with Crippen molar-refractivity contribution in [1.29, 1.82) is 0 Å². The molecule has 3 rings (SSSR count). The van der Waals surface area contributed by atoms with Crippen molar-refractivity contribution in [1.82, 2.24) is 0 Å². The fraction of sp³-hybridized carbons (Fsp3) is 0.200. The number of anilines is 1. The lowest BCUT2D eigenvalue weighted by molar-refractivity contribution is -0.135.